The summed E-state index contributed by atoms with van der Waals surface area (Å²) in [6.07, 6.45) is 0.167. The lowest BCUT2D eigenvalue weighted by molar-refractivity contribution is -0.144. The molecular weight excluding hydrogens is 598 g/mol. The molecule has 1 aliphatic rings. The third-order valence-electron chi connectivity index (χ3n) is 7.83. The Balaban J connectivity index is 3.03. The van der Waals surface area contributed by atoms with E-state index in [1.807, 2.05) is 55.4 Å². The average molecular weight is 655 g/mol. The van der Waals surface area contributed by atoms with Crippen molar-refractivity contribution in [2.75, 3.05) is 39.3 Å². The molecule has 0 bridgehead atoms. The SMILES string of the molecule is C=CCNC(=O)C(=O)CNC(=O)[C@@H]1[C@@H](C)C(=C)CN1C(=O)[C@@H](NC(O)N[C@H](CNCCN([S+]=O)C(C)C)C(C)(C)C)C(C)(C)C. The highest BCUT2D eigenvalue weighted by atomic mass is 32.2. The fraction of sp³-hybridized carbons (Fsp3) is 0.742. The predicted octanol–water partition coefficient (Wildman–Crippen LogP) is 0.305. The Morgan fingerprint density at radius 1 is 1.09 bits per heavy atom. The molecule has 1 saturated heterocycles. The van der Waals surface area contributed by atoms with E-state index in [4.69, 9.17) is 0 Å². The van der Waals surface area contributed by atoms with Crippen molar-refractivity contribution in [3.8, 4) is 0 Å². The zero-order valence-electron chi connectivity index (χ0n) is 28.5. The van der Waals surface area contributed by atoms with E-state index in [0.717, 1.165) is 0 Å². The number of hydrogen-bond donors (Lipinski definition) is 6. The third-order valence-corrected chi connectivity index (χ3v) is 8.63. The van der Waals surface area contributed by atoms with Crippen LogP contribution in [0.1, 0.15) is 62.3 Å². The maximum absolute atomic E-state index is 14.1. The molecule has 0 spiro atoms. The van der Waals surface area contributed by atoms with Gasteiger partial charge < -0.3 is 26.0 Å². The van der Waals surface area contributed by atoms with Gasteiger partial charge in [-0.05, 0) is 29.0 Å². The molecule has 0 aromatic carbocycles. The second kappa shape index (κ2) is 17.9. The third kappa shape index (κ3) is 12.6. The van der Waals surface area contributed by atoms with Gasteiger partial charge in [0.25, 0.3) is 5.91 Å². The van der Waals surface area contributed by atoms with Gasteiger partial charge in [0.05, 0.1) is 29.4 Å². The number of aliphatic hydroxyl groups is 1. The highest BCUT2D eigenvalue weighted by Gasteiger charge is 2.46. The second-order valence-electron chi connectivity index (χ2n) is 14.0. The molecule has 0 aliphatic carbocycles. The Bertz CT molecular complexity index is 1070. The summed E-state index contributed by atoms with van der Waals surface area (Å²) in [4.78, 5) is 52.8. The maximum Gasteiger partial charge on any atom is 0.590 e. The fourth-order valence-electron chi connectivity index (χ4n) is 4.84. The van der Waals surface area contributed by atoms with Crippen LogP contribution < -0.4 is 26.6 Å². The van der Waals surface area contributed by atoms with Gasteiger partial charge in [-0.2, -0.15) is 0 Å². The fourth-order valence-corrected chi connectivity index (χ4v) is 5.18. The summed E-state index contributed by atoms with van der Waals surface area (Å²) in [6.45, 7) is 26.3. The molecule has 3 amide bonds. The molecule has 0 aromatic rings. The van der Waals surface area contributed by atoms with Crippen LogP contribution in [0.2, 0.25) is 0 Å². The van der Waals surface area contributed by atoms with Gasteiger partial charge in [0.1, 0.15) is 6.04 Å². The lowest BCUT2D eigenvalue weighted by atomic mass is 9.85. The van der Waals surface area contributed by atoms with Crippen LogP contribution in [0.15, 0.2) is 24.8 Å². The summed E-state index contributed by atoms with van der Waals surface area (Å²) in [6, 6.07) is -1.95. The summed E-state index contributed by atoms with van der Waals surface area (Å²) in [5.41, 5.74) is -0.262. The summed E-state index contributed by atoms with van der Waals surface area (Å²) < 4.78 is 13.1. The molecule has 6 N–H and O–H groups in total. The molecule has 14 heteroatoms. The minimum absolute atomic E-state index is 0.113. The number of carbonyl (C=O) groups is 4. The molecule has 256 valence electrons. The first-order chi connectivity index (χ1) is 20.8. The minimum Gasteiger partial charge on any atom is -0.365 e. The van der Waals surface area contributed by atoms with Crippen LogP contribution in [-0.4, -0.2) is 108 Å². The molecule has 0 radical (unpaired) electrons. The smallest absolute Gasteiger partial charge is 0.365 e. The lowest BCUT2D eigenvalue weighted by Gasteiger charge is -2.39. The first-order valence-electron chi connectivity index (χ1n) is 15.4. The van der Waals surface area contributed by atoms with Gasteiger partial charge in [-0.25, -0.2) is 0 Å². The molecule has 1 rings (SSSR count). The highest BCUT2D eigenvalue weighted by Crippen LogP contribution is 2.31. The Morgan fingerprint density at radius 3 is 2.22 bits per heavy atom. The van der Waals surface area contributed by atoms with E-state index in [9.17, 15) is 28.5 Å². The van der Waals surface area contributed by atoms with E-state index < -0.39 is 59.8 Å². The molecule has 0 aromatic heterocycles. The molecule has 1 unspecified atom stereocenters. The highest BCUT2D eigenvalue weighted by molar-refractivity contribution is 7.62. The molecule has 0 saturated carbocycles. The molecule has 1 heterocycles. The van der Waals surface area contributed by atoms with Crippen LogP contribution >= 0.6 is 0 Å². The number of amides is 3. The van der Waals surface area contributed by atoms with E-state index in [0.29, 0.717) is 37.1 Å². The quantitative estimate of drug-likeness (QED) is 0.0304. The van der Waals surface area contributed by atoms with Crippen LogP contribution in [0.4, 0.5) is 0 Å². The lowest BCUT2D eigenvalue weighted by Crippen LogP contribution is -2.63. The normalized spacial score (nSPS) is 19.3. The zero-order valence-corrected chi connectivity index (χ0v) is 29.3. The van der Waals surface area contributed by atoms with Crippen LogP contribution in [0, 0.1) is 16.7 Å². The molecular formula is C31H56N7O6S+. The number of carbonyl (C=O) groups excluding carboxylic acids is 4. The Kier molecular flexibility index (Phi) is 16.1. The first-order valence-corrected chi connectivity index (χ1v) is 16.1. The largest absolute Gasteiger partial charge is 0.590 e. The van der Waals surface area contributed by atoms with Crippen molar-refractivity contribution in [1.29, 1.82) is 0 Å². The number of Topliss-reactive ketones (excluding diaryl/α,β-unsaturated/α-hetero) is 1. The predicted molar refractivity (Wildman–Crippen MR) is 177 cm³/mol. The number of ketones is 1. The second-order valence-corrected chi connectivity index (χ2v) is 14.6. The van der Waals surface area contributed by atoms with Crippen LogP contribution in [0.25, 0.3) is 0 Å². The first kappa shape index (κ1) is 40.4. The summed E-state index contributed by atoms with van der Waals surface area (Å²) in [5.74, 6) is -3.03. The number of rotatable bonds is 18. The monoisotopic (exact) mass is 654 g/mol. The topological polar surface area (TPSA) is 172 Å². The van der Waals surface area contributed by atoms with Gasteiger partial charge in [-0.15, -0.1) is 6.58 Å². The minimum atomic E-state index is -1.27. The zero-order chi connectivity index (χ0) is 34.7. The van der Waals surface area contributed by atoms with Gasteiger partial charge in [-0.1, -0.05) is 66.7 Å². The van der Waals surface area contributed by atoms with Crippen molar-refractivity contribution >= 4 is 35.4 Å². The van der Waals surface area contributed by atoms with Crippen molar-refractivity contribution in [2.45, 2.75) is 92.8 Å². The Hall–Kier alpha value is -2.62. The van der Waals surface area contributed by atoms with Crippen molar-refractivity contribution < 1.29 is 28.5 Å². The summed E-state index contributed by atoms with van der Waals surface area (Å²) in [5, 5.41) is 25.6. The standard InChI is InChI=1S/C31H55N7O6S/c1-12-13-33-26(40)22(39)16-34-27(41)24-21(5)20(4)18-37(24)28(42)25(31(9,10)11)36-29(43)35-23(30(6,7)8)17-32-14-15-38(45-44)19(2)3/h12,19,21,23-25,29,32,35-36,43H,1,4,13-18H2,2-3,5-11H3,(H-,33,34,40,41)/p+1/t21-,23+,24-,25+,29?/m0/s1. The van der Waals surface area contributed by atoms with Crippen molar-refractivity contribution in [3.63, 3.8) is 0 Å². The van der Waals surface area contributed by atoms with Gasteiger partial charge >= 0.3 is 11.9 Å². The number of hydrogen-bond acceptors (Lipinski definition) is 9. The van der Waals surface area contributed by atoms with Gasteiger partial charge in [0, 0.05) is 38.1 Å². The summed E-state index contributed by atoms with van der Waals surface area (Å²) >= 11 is 0.462. The summed E-state index contributed by atoms with van der Waals surface area (Å²) in [7, 11) is 0. The molecule has 1 aliphatic heterocycles. The van der Waals surface area contributed by atoms with Gasteiger partial charge in [0.2, 0.25) is 17.6 Å². The number of aliphatic hydroxyl groups excluding tert-OH is 1. The molecule has 45 heavy (non-hydrogen) atoms. The van der Waals surface area contributed by atoms with Crippen molar-refractivity contribution in [3.05, 3.63) is 24.8 Å². The van der Waals surface area contributed by atoms with Crippen molar-refractivity contribution in [1.82, 2.24) is 35.8 Å². The van der Waals surface area contributed by atoms with Crippen LogP contribution in [0.5, 0.6) is 0 Å². The van der Waals surface area contributed by atoms with E-state index in [1.165, 1.54) is 11.0 Å². The average Bonchev–Trinajstić information content (AvgIpc) is 3.24. The van der Waals surface area contributed by atoms with E-state index in [-0.39, 0.29) is 30.6 Å². The Labute approximate surface area is 273 Å². The van der Waals surface area contributed by atoms with Crippen molar-refractivity contribution in [2.24, 2.45) is 16.7 Å². The maximum atomic E-state index is 14.1. The van der Waals surface area contributed by atoms with E-state index in [1.54, 1.807) is 11.2 Å². The molecule has 5 atom stereocenters. The molecule has 1 fully saturated rings. The van der Waals surface area contributed by atoms with Crippen LogP contribution in [-0.2, 0) is 35.2 Å². The molecule has 13 nitrogen and oxygen atoms in total. The van der Waals surface area contributed by atoms with E-state index >= 15 is 0 Å². The van der Waals surface area contributed by atoms with E-state index in [2.05, 4.69) is 39.7 Å². The van der Waals surface area contributed by atoms with Crippen LogP contribution in [0.3, 0.4) is 0 Å². The number of nitrogens with one attached hydrogen (secondary N) is 5. The Morgan fingerprint density at radius 2 is 1.71 bits per heavy atom. The van der Waals surface area contributed by atoms with Gasteiger partial charge in [-0.3, -0.25) is 29.8 Å². The van der Waals surface area contributed by atoms with Gasteiger partial charge in [0.15, 0.2) is 6.35 Å². The number of likely N-dealkylation sites (tertiary alicyclic amines) is 1. The number of nitrogens with zero attached hydrogens (tertiary/aromatic N) is 2.